The molecule has 0 spiro atoms. The highest BCUT2D eigenvalue weighted by atomic mass is 16.3. The van der Waals surface area contributed by atoms with Crippen molar-refractivity contribution in [2.75, 3.05) is 0 Å². The number of hydrogen-bond acceptors (Lipinski definition) is 1. The van der Waals surface area contributed by atoms with Crippen molar-refractivity contribution in [3.8, 4) is 33.4 Å². The normalized spacial score (nSPS) is 11.9. The summed E-state index contributed by atoms with van der Waals surface area (Å²) >= 11 is 0. The van der Waals surface area contributed by atoms with Gasteiger partial charge in [-0.15, -0.1) is 0 Å². The monoisotopic (exact) mass is 646 g/mol. The summed E-state index contributed by atoms with van der Waals surface area (Å²) in [7, 11) is 0. The summed E-state index contributed by atoms with van der Waals surface area (Å²) in [6, 6.07) is 66.1. The second-order valence-corrected chi connectivity index (χ2v) is 13.5. The van der Waals surface area contributed by atoms with Gasteiger partial charge in [-0.1, -0.05) is 170 Å². The van der Waals surface area contributed by atoms with Gasteiger partial charge in [-0.3, -0.25) is 0 Å². The summed E-state index contributed by atoms with van der Waals surface area (Å²) in [5, 5.41) is 14.6. The number of furan rings is 1. The predicted molar refractivity (Wildman–Crippen MR) is 218 cm³/mol. The van der Waals surface area contributed by atoms with E-state index >= 15 is 0 Å². The van der Waals surface area contributed by atoms with Gasteiger partial charge in [0.2, 0.25) is 0 Å². The molecule has 0 amide bonds. The lowest BCUT2D eigenvalue weighted by Crippen LogP contribution is -1.92. The fraction of sp³-hybridized carbons (Fsp3) is 0. The minimum absolute atomic E-state index is 0.906. The minimum atomic E-state index is 0.906. The Balaban J connectivity index is 1.20. The van der Waals surface area contributed by atoms with E-state index in [9.17, 15) is 0 Å². The third kappa shape index (κ3) is 4.09. The molecule has 51 heavy (non-hydrogen) atoms. The maximum absolute atomic E-state index is 6.85. The van der Waals surface area contributed by atoms with Gasteiger partial charge >= 0.3 is 0 Å². The lowest BCUT2D eigenvalue weighted by Gasteiger charge is -2.19. The molecule has 0 aliphatic rings. The molecule has 0 saturated carbocycles. The zero-order chi connectivity index (χ0) is 33.5. The number of benzene rings is 10. The Hall–Kier alpha value is -6.70. The van der Waals surface area contributed by atoms with E-state index in [0.29, 0.717) is 0 Å². The first-order chi connectivity index (χ1) is 25.3. The lowest BCUT2D eigenvalue weighted by atomic mass is 9.83. The van der Waals surface area contributed by atoms with Crippen molar-refractivity contribution >= 4 is 75.8 Å². The number of hydrogen-bond donors (Lipinski definition) is 0. The largest absolute Gasteiger partial charge is 0.455 e. The first-order valence-electron chi connectivity index (χ1n) is 17.6. The SMILES string of the molecule is c1ccc(-c2ccc(-c3c4ccccc4c(-c4ccc5c(c4)oc4c6ccccc6c6ccccc6c54)c4ccccc34)c3ccccc23)cc1. The van der Waals surface area contributed by atoms with Gasteiger partial charge in [0, 0.05) is 16.2 Å². The highest BCUT2D eigenvalue weighted by Gasteiger charge is 2.21. The summed E-state index contributed by atoms with van der Waals surface area (Å²) in [6.07, 6.45) is 0. The lowest BCUT2D eigenvalue weighted by molar-refractivity contribution is 0.673. The molecule has 0 bridgehead atoms. The van der Waals surface area contributed by atoms with Crippen LogP contribution in [0.1, 0.15) is 0 Å². The summed E-state index contributed by atoms with van der Waals surface area (Å²) in [5.74, 6) is 0. The van der Waals surface area contributed by atoms with Gasteiger partial charge in [-0.25, -0.2) is 0 Å². The summed E-state index contributed by atoms with van der Waals surface area (Å²) < 4.78 is 6.85. The van der Waals surface area contributed by atoms with Crippen molar-refractivity contribution in [1.29, 1.82) is 0 Å². The van der Waals surface area contributed by atoms with E-state index in [0.717, 1.165) is 27.5 Å². The van der Waals surface area contributed by atoms with Gasteiger partial charge in [0.05, 0.1) is 0 Å². The highest BCUT2D eigenvalue weighted by molar-refractivity contribution is 6.31. The molecule has 1 nitrogen and oxygen atoms in total. The number of fused-ring (bicyclic) bond motifs is 11. The molecule has 10 aromatic carbocycles. The number of rotatable bonds is 3. The van der Waals surface area contributed by atoms with Gasteiger partial charge in [0.1, 0.15) is 11.2 Å². The van der Waals surface area contributed by atoms with Gasteiger partial charge in [0.15, 0.2) is 0 Å². The zero-order valence-corrected chi connectivity index (χ0v) is 27.7. The van der Waals surface area contributed by atoms with Crippen LogP contribution in [0.5, 0.6) is 0 Å². The van der Waals surface area contributed by atoms with E-state index in [1.54, 1.807) is 0 Å². The second-order valence-electron chi connectivity index (χ2n) is 13.5. The fourth-order valence-electron chi connectivity index (χ4n) is 8.68. The van der Waals surface area contributed by atoms with Crippen LogP contribution in [0.25, 0.3) is 109 Å². The average molecular weight is 647 g/mol. The van der Waals surface area contributed by atoms with Crippen molar-refractivity contribution in [2.45, 2.75) is 0 Å². The van der Waals surface area contributed by atoms with Crippen molar-refractivity contribution in [1.82, 2.24) is 0 Å². The van der Waals surface area contributed by atoms with E-state index < -0.39 is 0 Å². The molecular weight excluding hydrogens is 617 g/mol. The topological polar surface area (TPSA) is 13.1 Å². The highest BCUT2D eigenvalue weighted by Crippen LogP contribution is 2.48. The predicted octanol–water partition coefficient (Wildman–Crippen LogP) is 14.4. The molecule has 0 atom stereocenters. The van der Waals surface area contributed by atoms with Crippen LogP contribution in [-0.4, -0.2) is 0 Å². The molecule has 0 aliphatic heterocycles. The molecule has 1 heterocycles. The molecule has 0 N–H and O–H groups in total. The van der Waals surface area contributed by atoms with E-state index in [4.69, 9.17) is 4.42 Å². The van der Waals surface area contributed by atoms with E-state index in [1.165, 1.54) is 81.7 Å². The van der Waals surface area contributed by atoms with Crippen LogP contribution < -0.4 is 0 Å². The Bertz CT molecular complexity index is 3130. The molecule has 11 rings (SSSR count). The maximum Gasteiger partial charge on any atom is 0.143 e. The molecule has 11 aromatic rings. The van der Waals surface area contributed by atoms with Crippen molar-refractivity contribution in [3.63, 3.8) is 0 Å². The Morgan fingerprint density at radius 2 is 0.745 bits per heavy atom. The maximum atomic E-state index is 6.85. The molecule has 0 aliphatic carbocycles. The first kappa shape index (κ1) is 28.2. The fourth-order valence-corrected chi connectivity index (χ4v) is 8.68. The van der Waals surface area contributed by atoms with Crippen molar-refractivity contribution in [2.24, 2.45) is 0 Å². The molecule has 1 aromatic heterocycles. The van der Waals surface area contributed by atoms with Crippen LogP contribution in [0.2, 0.25) is 0 Å². The summed E-state index contributed by atoms with van der Waals surface area (Å²) in [6.45, 7) is 0. The average Bonchev–Trinajstić information content (AvgIpc) is 3.59. The quantitative estimate of drug-likeness (QED) is 0.138. The third-order valence-corrected chi connectivity index (χ3v) is 10.8. The van der Waals surface area contributed by atoms with E-state index in [1.807, 2.05) is 0 Å². The third-order valence-electron chi connectivity index (χ3n) is 10.8. The Morgan fingerprint density at radius 3 is 1.39 bits per heavy atom. The van der Waals surface area contributed by atoms with Gasteiger partial charge in [0.25, 0.3) is 0 Å². The van der Waals surface area contributed by atoms with Crippen molar-refractivity contribution < 1.29 is 4.42 Å². The Kier molecular flexibility index (Phi) is 6.02. The van der Waals surface area contributed by atoms with Crippen LogP contribution in [0.3, 0.4) is 0 Å². The van der Waals surface area contributed by atoms with Crippen LogP contribution >= 0.6 is 0 Å². The van der Waals surface area contributed by atoms with E-state index in [-0.39, 0.29) is 0 Å². The molecule has 1 heteroatoms. The molecule has 0 radical (unpaired) electrons. The zero-order valence-electron chi connectivity index (χ0n) is 27.7. The van der Waals surface area contributed by atoms with Crippen LogP contribution in [0.15, 0.2) is 186 Å². The minimum Gasteiger partial charge on any atom is -0.455 e. The molecule has 0 fully saturated rings. The second kappa shape index (κ2) is 10.9. The van der Waals surface area contributed by atoms with E-state index in [2.05, 4.69) is 182 Å². The van der Waals surface area contributed by atoms with Crippen molar-refractivity contribution in [3.05, 3.63) is 182 Å². The molecule has 0 unspecified atom stereocenters. The van der Waals surface area contributed by atoms with Gasteiger partial charge < -0.3 is 4.42 Å². The first-order valence-corrected chi connectivity index (χ1v) is 17.6. The Labute approximate surface area is 294 Å². The molecular formula is C50H30O. The summed E-state index contributed by atoms with van der Waals surface area (Å²) in [5.41, 5.74) is 9.23. The summed E-state index contributed by atoms with van der Waals surface area (Å²) in [4.78, 5) is 0. The van der Waals surface area contributed by atoms with Gasteiger partial charge in [-0.2, -0.15) is 0 Å². The van der Waals surface area contributed by atoms with Gasteiger partial charge in [-0.05, 0) is 94.0 Å². The molecule has 0 saturated heterocycles. The molecule has 236 valence electrons. The standard InChI is InChI=1S/C50H30O/c1-2-14-31(15-3-1)33-28-29-43(35-17-5-4-16-34(33)35)48-41-23-11-9-21-39(41)47(40-22-10-12-24-42(40)48)32-26-27-45-46(30-32)51-50-44-25-13-7-19-37(44)36-18-6-8-20-38(36)49(45)50/h1-30H. The van der Waals surface area contributed by atoms with Crippen LogP contribution in [-0.2, 0) is 0 Å². The van der Waals surface area contributed by atoms with Crippen LogP contribution in [0, 0.1) is 0 Å². The van der Waals surface area contributed by atoms with Crippen LogP contribution in [0.4, 0.5) is 0 Å². The Morgan fingerprint density at radius 1 is 0.275 bits per heavy atom. The smallest absolute Gasteiger partial charge is 0.143 e.